The number of carbonyl (C=O) groups excluding carboxylic acids is 2. The van der Waals surface area contributed by atoms with Crippen LogP contribution in [0.5, 0.6) is 0 Å². The number of hydrogen-bond acceptors (Lipinski definition) is 5. The van der Waals surface area contributed by atoms with E-state index in [-0.39, 0.29) is 22.6 Å². The summed E-state index contributed by atoms with van der Waals surface area (Å²) in [5.41, 5.74) is 5.28. The molecule has 3 aromatic rings. The van der Waals surface area contributed by atoms with Gasteiger partial charge < -0.3 is 4.57 Å². The molecule has 0 atom stereocenters. The maximum absolute atomic E-state index is 12.7. The largest absolute Gasteiger partial charge is 0.328 e. The molecule has 2 heterocycles. The lowest BCUT2D eigenvalue weighted by Gasteiger charge is -2.15. The number of imidazole rings is 1. The molecule has 0 spiro atoms. The fourth-order valence-electron chi connectivity index (χ4n) is 2.92. The molecule has 0 bridgehead atoms. The zero-order chi connectivity index (χ0) is 19.7. The first-order valence-corrected chi connectivity index (χ1v) is 9.78. The number of hydrazine groups is 1. The van der Waals surface area contributed by atoms with Crippen LogP contribution in [0.15, 0.2) is 59.5 Å². The number of aryl methyl sites for hydroxylation is 1. The van der Waals surface area contributed by atoms with Crippen molar-refractivity contribution in [3.8, 4) is 0 Å². The summed E-state index contributed by atoms with van der Waals surface area (Å²) in [6.45, 7) is 0. The molecule has 0 saturated carbocycles. The van der Waals surface area contributed by atoms with Crippen molar-refractivity contribution >= 4 is 57.2 Å². The van der Waals surface area contributed by atoms with Gasteiger partial charge in [0.1, 0.15) is 5.82 Å². The van der Waals surface area contributed by atoms with Gasteiger partial charge in [-0.2, -0.15) is 5.01 Å². The predicted octanol–water partition coefficient (Wildman–Crippen LogP) is 3.05. The van der Waals surface area contributed by atoms with Crippen LogP contribution in [0.2, 0.25) is 0 Å². The van der Waals surface area contributed by atoms with E-state index in [1.807, 2.05) is 66.2 Å². The second kappa shape index (κ2) is 7.57. The maximum Gasteiger partial charge on any atom is 0.285 e. The SMILES string of the molecule is Cn1c(C=C2SC(=S)N(NC(=O)Cc3ccccc3)C2=O)nc2ccccc21. The molecule has 140 valence electrons. The van der Waals surface area contributed by atoms with Gasteiger partial charge in [0.25, 0.3) is 5.91 Å². The number of fused-ring (bicyclic) bond motifs is 1. The van der Waals surface area contributed by atoms with Crippen LogP contribution < -0.4 is 5.43 Å². The number of rotatable bonds is 4. The van der Waals surface area contributed by atoms with E-state index < -0.39 is 0 Å². The van der Waals surface area contributed by atoms with Crippen molar-refractivity contribution in [2.24, 2.45) is 7.05 Å². The van der Waals surface area contributed by atoms with Gasteiger partial charge in [-0.1, -0.05) is 54.2 Å². The van der Waals surface area contributed by atoms with E-state index >= 15 is 0 Å². The van der Waals surface area contributed by atoms with Gasteiger partial charge in [-0.3, -0.25) is 15.0 Å². The van der Waals surface area contributed by atoms with E-state index in [9.17, 15) is 9.59 Å². The first kappa shape index (κ1) is 18.4. The zero-order valence-electron chi connectivity index (χ0n) is 15.0. The minimum Gasteiger partial charge on any atom is -0.328 e. The Bertz CT molecular complexity index is 1120. The molecule has 2 aromatic carbocycles. The Labute approximate surface area is 171 Å². The lowest BCUT2D eigenvalue weighted by molar-refractivity contribution is -0.132. The summed E-state index contributed by atoms with van der Waals surface area (Å²) in [5, 5.41) is 1.12. The van der Waals surface area contributed by atoms with E-state index in [0.717, 1.165) is 33.4 Å². The Morgan fingerprint density at radius 3 is 2.64 bits per heavy atom. The topological polar surface area (TPSA) is 67.2 Å². The average Bonchev–Trinajstić information content (AvgIpc) is 3.14. The van der Waals surface area contributed by atoms with Crippen LogP contribution in [0.25, 0.3) is 17.1 Å². The van der Waals surface area contributed by atoms with Gasteiger partial charge in [-0.25, -0.2) is 4.98 Å². The van der Waals surface area contributed by atoms with Gasteiger partial charge in [0.05, 0.1) is 22.4 Å². The van der Waals surface area contributed by atoms with Crippen LogP contribution in [0.4, 0.5) is 0 Å². The number of hydrogen-bond donors (Lipinski definition) is 1. The molecule has 1 aliphatic heterocycles. The summed E-state index contributed by atoms with van der Waals surface area (Å²) >= 11 is 6.42. The number of thiocarbonyl (C=S) groups is 1. The van der Waals surface area contributed by atoms with Gasteiger partial charge in [0.2, 0.25) is 5.91 Å². The van der Waals surface area contributed by atoms with E-state index in [1.54, 1.807) is 6.08 Å². The van der Waals surface area contributed by atoms with E-state index in [1.165, 1.54) is 0 Å². The van der Waals surface area contributed by atoms with Crippen molar-refractivity contribution in [1.29, 1.82) is 0 Å². The van der Waals surface area contributed by atoms with Crippen molar-refractivity contribution in [2.75, 3.05) is 0 Å². The van der Waals surface area contributed by atoms with Crippen molar-refractivity contribution in [1.82, 2.24) is 20.0 Å². The Kier molecular flexibility index (Phi) is 4.97. The van der Waals surface area contributed by atoms with Crippen LogP contribution >= 0.6 is 24.0 Å². The third-order valence-corrected chi connectivity index (χ3v) is 5.62. The van der Waals surface area contributed by atoms with E-state index in [4.69, 9.17) is 12.2 Å². The predicted molar refractivity (Wildman–Crippen MR) is 114 cm³/mol. The third-order valence-electron chi connectivity index (χ3n) is 4.32. The van der Waals surface area contributed by atoms with Crippen LogP contribution in [0.1, 0.15) is 11.4 Å². The highest BCUT2D eigenvalue weighted by molar-refractivity contribution is 8.26. The smallest absolute Gasteiger partial charge is 0.285 e. The fraction of sp³-hybridized carbons (Fsp3) is 0.100. The number of nitrogens with one attached hydrogen (secondary N) is 1. The Morgan fingerprint density at radius 1 is 1.18 bits per heavy atom. The molecule has 0 unspecified atom stereocenters. The van der Waals surface area contributed by atoms with Crippen molar-refractivity contribution in [2.45, 2.75) is 6.42 Å². The Hall–Kier alpha value is -2.97. The first-order valence-electron chi connectivity index (χ1n) is 8.56. The second-order valence-electron chi connectivity index (χ2n) is 6.23. The molecule has 8 heteroatoms. The number of carbonyl (C=O) groups is 2. The standard InChI is InChI=1S/C20H16N4O2S2/c1-23-15-10-6-5-9-14(15)21-17(23)12-16-19(26)24(20(27)28-16)22-18(25)11-13-7-3-2-4-8-13/h2-10,12H,11H2,1H3,(H,22,25). The molecule has 4 rings (SSSR count). The molecule has 28 heavy (non-hydrogen) atoms. The van der Waals surface area contributed by atoms with Crippen LogP contribution in [0, 0.1) is 0 Å². The van der Waals surface area contributed by atoms with Crippen molar-refractivity contribution in [3.05, 3.63) is 70.9 Å². The quantitative estimate of drug-likeness (QED) is 0.531. The summed E-state index contributed by atoms with van der Waals surface area (Å²) in [5.74, 6) is -0.00717. The van der Waals surface area contributed by atoms with E-state index in [2.05, 4.69) is 10.4 Å². The minimum absolute atomic E-state index is 0.168. The Morgan fingerprint density at radius 2 is 1.89 bits per heavy atom. The van der Waals surface area contributed by atoms with Gasteiger partial charge in [-0.15, -0.1) is 0 Å². The molecular weight excluding hydrogens is 392 g/mol. The summed E-state index contributed by atoms with van der Waals surface area (Å²) < 4.78 is 2.20. The maximum atomic E-state index is 12.7. The molecule has 1 aromatic heterocycles. The second-order valence-corrected chi connectivity index (χ2v) is 7.91. The summed E-state index contributed by atoms with van der Waals surface area (Å²) in [6.07, 6.45) is 1.87. The summed E-state index contributed by atoms with van der Waals surface area (Å²) in [6, 6.07) is 17.1. The normalized spacial score (nSPS) is 15.6. The highest BCUT2D eigenvalue weighted by Gasteiger charge is 2.34. The number of thioether (sulfide) groups is 1. The molecule has 6 nitrogen and oxygen atoms in total. The van der Waals surface area contributed by atoms with Crippen LogP contribution in [-0.4, -0.2) is 30.7 Å². The van der Waals surface area contributed by atoms with Gasteiger partial charge in [0.15, 0.2) is 4.32 Å². The number of amides is 2. The summed E-state index contributed by atoms with van der Waals surface area (Å²) in [7, 11) is 1.89. The highest BCUT2D eigenvalue weighted by Crippen LogP contribution is 2.31. The van der Waals surface area contributed by atoms with E-state index in [0.29, 0.717) is 10.7 Å². The molecule has 2 amide bonds. The van der Waals surface area contributed by atoms with Crippen molar-refractivity contribution in [3.63, 3.8) is 0 Å². The zero-order valence-corrected chi connectivity index (χ0v) is 16.6. The third kappa shape index (κ3) is 3.56. The van der Waals surface area contributed by atoms with Gasteiger partial charge in [-0.05, 0) is 29.9 Å². The van der Waals surface area contributed by atoms with Crippen LogP contribution in [-0.2, 0) is 23.1 Å². The molecule has 0 aliphatic carbocycles. The number of benzene rings is 2. The van der Waals surface area contributed by atoms with Crippen LogP contribution in [0.3, 0.4) is 0 Å². The first-order chi connectivity index (χ1) is 13.5. The highest BCUT2D eigenvalue weighted by atomic mass is 32.2. The molecule has 1 aliphatic rings. The van der Waals surface area contributed by atoms with Gasteiger partial charge >= 0.3 is 0 Å². The van der Waals surface area contributed by atoms with Gasteiger partial charge in [0, 0.05) is 13.1 Å². The molecule has 0 radical (unpaired) electrons. The molecule has 1 saturated heterocycles. The number of aromatic nitrogens is 2. The molecule has 1 N–H and O–H groups in total. The lowest BCUT2D eigenvalue weighted by atomic mass is 10.1. The molecular formula is C20H16N4O2S2. The van der Waals surface area contributed by atoms with Crippen molar-refractivity contribution < 1.29 is 9.59 Å². The lowest BCUT2D eigenvalue weighted by Crippen LogP contribution is -2.45. The number of para-hydroxylation sites is 2. The Balaban J connectivity index is 1.52. The molecule has 1 fully saturated rings. The minimum atomic E-state index is -0.358. The summed E-state index contributed by atoms with van der Waals surface area (Å²) in [4.78, 5) is 30.0. The number of nitrogens with zero attached hydrogens (tertiary/aromatic N) is 3. The monoisotopic (exact) mass is 408 g/mol. The average molecular weight is 409 g/mol. The fourth-order valence-corrected chi connectivity index (χ4v) is 4.07.